The van der Waals surface area contributed by atoms with E-state index in [4.69, 9.17) is 5.11 Å². The smallest absolute Gasteiger partial charge is 0.255 e. The molecule has 0 aliphatic rings. The highest BCUT2D eigenvalue weighted by atomic mass is 19.1. The fraction of sp³-hybridized carbons (Fsp3) is 0.143. The number of aromatic nitrogens is 1. The Kier molecular flexibility index (Phi) is 3.87. The van der Waals surface area contributed by atoms with Gasteiger partial charge in [0.15, 0.2) is 0 Å². The molecule has 2 aromatic rings. The Balaban J connectivity index is 2.26. The largest absolute Gasteiger partial charge is 0.392 e. The SMILES string of the molecule is Cc1cc(F)ccc1C(=O)Nc1cnccc1CO. The number of rotatable bonds is 3. The molecule has 1 heterocycles. The number of hydrogen-bond donors (Lipinski definition) is 2. The van der Waals surface area contributed by atoms with E-state index in [2.05, 4.69) is 10.3 Å². The predicted octanol–water partition coefficient (Wildman–Crippen LogP) is 2.27. The van der Waals surface area contributed by atoms with Crippen LogP contribution < -0.4 is 5.32 Å². The molecule has 0 saturated carbocycles. The lowest BCUT2D eigenvalue weighted by atomic mass is 10.1. The van der Waals surface area contributed by atoms with Gasteiger partial charge in [-0.15, -0.1) is 0 Å². The average molecular weight is 260 g/mol. The average Bonchev–Trinajstić information content (AvgIpc) is 2.39. The summed E-state index contributed by atoms with van der Waals surface area (Å²) in [5.74, 6) is -0.744. The number of aliphatic hydroxyl groups excluding tert-OH is 1. The normalized spacial score (nSPS) is 10.3. The Bertz CT molecular complexity index is 614. The standard InChI is InChI=1S/C14H13FN2O2/c1-9-6-11(15)2-3-12(9)14(19)17-13-7-16-5-4-10(13)8-18/h2-7,18H,8H2,1H3,(H,17,19). The molecular formula is C14H13FN2O2. The van der Waals surface area contributed by atoms with Gasteiger partial charge in [0.1, 0.15) is 5.82 Å². The van der Waals surface area contributed by atoms with Gasteiger partial charge in [-0.3, -0.25) is 9.78 Å². The van der Waals surface area contributed by atoms with E-state index < -0.39 is 0 Å². The minimum Gasteiger partial charge on any atom is -0.392 e. The molecule has 0 fully saturated rings. The van der Waals surface area contributed by atoms with Gasteiger partial charge in [0.05, 0.1) is 18.5 Å². The third kappa shape index (κ3) is 2.95. The molecule has 1 aromatic heterocycles. The van der Waals surface area contributed by atoms with E-state index in [1.807, 2.05) is 0 Å². The van der Waals surface area contributed by atoms with Crippen LogP contribution in [0.25, 0.3) is 0 Å². The lowest BCUT2D eigenvalue weighted by molar-refractivity contribution is 0.102. The Morgan fingerprint density at radius 3 is 2.89 bits per heavy atom. The summed E-state index contributed by atoms with van der Waals surface area (Å²) in [4.78, 5) is 16.0. The van der Waals surface area contributed by atoms with Crippen molar-refractivity contribution in [3.63, 3.8) is 0 Å². The topological polar surface area (TPSA) is 62.2 Å². The minimum absolute atomic E-state index is 0.194. The molecule has 1 aromatic carbocycles. The molecule has 0 radical (unpaired) electrons. The second-order valence-electron chi connectivity index (χ2n) is 4.10. The maximum atomic E-state index is 13.0. The molecule has 19 heavy (non-hydrogen) atoms. The molecule has 4 nitrogen and oxygen atoms in total. The van der Waals surface area contributed by atoms with Crippen molar-refractivity contribution in [2.45, 2.75) is 13.5 Å². The number of carbonyl (C=O) groups is 1. The summed E-state index contributed by atoms with van der Waals surface area (Å²) >= 11 is 0. The number of amides is 1. The van der Waals surface area contributed by atoms with Crippen LogP contribution in [0.4, 0.5) is 10.1 Å². The van der Waals surface area contributed by atoms with E-state index in [1.165, 1.54) is 30.6 Å². The molecule has 0 spiro atoms. The number of hydrogen-bond acceptors (Lipinski definition) is 3. The highest BCUT2D eigenvalue weighted by Gasteiger charge is 2.11. The first kappa shape index (κ1) is 13.2. The molecule has 0 saturated heterocycles. The van der Waals surface area contributed by atoms with Gasteiger partial charge in [-0.2, -0.15) is 0 Å². The van der Waals surface area contributed by atoms with E-state index in [-0.39, 0.29) is 18.3 Å². The van der Waals surface area contributed by atoms with Gasteiger partial charge in [0, 0.05) is 17.3 Å². The van der Waals surface area contributed by atoms with Crippen LogP contribution in [0.5, 0.6) is 0 Å². The number of halogens is 1. The molecule has 2 N–H and O–H groups in total. The Hall–Kier alpha value is -2.27. The maximum absolute atomic E-state index is 13.0. The fourth-order valence-electron chi connectivity index (χ4n) is 1.75. The van der Waals surface area contributed by atoms with Crippen LogP contribution >= 0.6 is 0 Å². The van der Waals surface area contributed by atoms with Crippen molar-refractivity contribution in [3.8, 4) is 0 Å². The molecule has 0 unspecified atom stereocenters. The van der Waals surface area contributed by atoms with Gasteiger partial charge < -0.3 is 10.4 Å². The van der Waals surface area contributed by atoms with Gasteiger partial charge >= 0.3 is 0 Å². The third-order valence-corrected chi connectivity index (χ3v) is 2.76. The van der Waals surface area contributed by atoms with Crippen LogP contribution in [0.2, 0.25) is 0 Å². The van der Waals surface area contributed by atoms with Crippen LogP contribution in [0, 0.1) is 12.7 Å². The fourth-order valence-corrected chi connectivity index (χ4v) is 1.75. The molecule has 0 aliphatic carbocycles. The van der Waals surface area contributed by atoms with E-state index in [0.29, 0.717) is 22.4 Å². The second-order valence-corrected chi connectivity index (χ2v) is 4.10. The van der Waals surface area contributed by atoms with Crippen molar-refractivity contribution < 1.29 is 14.3 Å². The van der Waals surface area contributed by atoms with Crippen molar-refractivity contribution in [1.29, 1.82) is 0 Å². The van der Waals surface area contributed by atoms with Crippen molar-refractivity contribution in [3.05, 3.63) is 59.2 Å². The van der Waals surface area contributed by atoms with Crippen molar-refractivity contribution in [1.82, 2.24) is 4.98 Å². The summed E-state index contributed by atoms with van der Waals surface area (Å²) in [7, 11) is 0. The summed E-state index contributed by atoms with van der Waals surface area (Å²) < 4.78 is 13.0. The van der Waals surface area contributed by atoms with Crippen LogP contribution in [-0.2, 0) is 6.61 Å². The zero-order chi connectivity index (χ0) is 13.8. The van der Waals surface area contributed by atoms with Gasteiger partial charge in [-0.05, 0) is 36.8 Å². The van der Waals surface area contributed by atoms with Gasteiger partial charge in [0.2, 0.25) is 0 Å². The molecule has 0 atom stereocenters. The van der Waals surface area contributed by atoms with Crippen LogP contribution in [0.3, 0.4) is 0 Å². The highest BCUT2D eigenvalue weighted by Crippen LogP contribution is 2.16. The molecular weight excluding hydrogens is 247 g/mol. The summed E-state index contributed by atoms with van der Waals surface area (Å²) in [5.41, 5.74) is 1.95. The van der Waals surface area contributed by atoms with Crippen molar-refractivity contribution >= 4 is 11.6 Å². The molecule has 98 valence electrons. The first-order chi connectivity index (χ1) is 9.11. The maximum Gasteiger partial charge on any atom is 0.255 e. The Morgan fingerprint density at radius 2 is 2.21 bits per heavy atom. The number of aryl methyl sites for hydroxylation is 1. The molecule has 1 amide bonds. The number of anilines is 1. The van der Waals surface area contributed by atoms with Crippen LogP contribution in [0.15, 0.2) is 36.7 Å². The second kappa shape index (κ2) is 5.58. The first-order valence-corrected chi connectivity index (χ1v) is 5.73. The predicted molar refractivity (Wildman–Crippen MR) is 69.3 cm³/mol. The van der Waals surface area contributed by atoms with Crippen molar-refractivity contribution in [2.24, 2.45) is 0 Å². The lowest BCUT2D eigenvalue weighted by Gasteiger charge is -2.10. The van der Waals surface area contributed by atoms with Gasteiger partial charge in [-0.1, -0.05) is 0 Å². The minimum atomic E-state index is -0.383. The van der Waals surface area contributed by atoms with Crippen molar-refractivity contribution in [2.75, 3.05) is 5.32 Å². The van der Waals surface area contributed by atoms with E-state index in [0.717, 1.165) is 0 Å². The zero-order valence-electron chi connectivity index (χ0n) is 10.4. The van der Waals surface area contributed by atoms with Gasteiger partial charge in [0.25, 0.3) is 5.91 Å². The Labute approximate surface area is 109 Å². The number of pyridine rings is 1. The van der Waals surface area contributed by atoms with Crippen LogP contribution in [0.1, 0.15) is 21.5 Å². The van der Waals surface area contributed by atoms with Crippen LogP contribution in [-0.4, -0.2) is 16.0 Å². The summed E-state index contributed by atoms with van der Waals surface area (Å²) in [6, 6.07) is 5.57. The highest BCUT2D eigenvalue weighted by molar-refractivity contribution is 6.05. The summed E-state index contributed by atoms with van der Waals surface area (Å²) in [6.07, 6.45) is 2.99. The molecule has 2 rings (SSSR count). The Morgan fingerprint density at radius 1 is 1.42 bits per heavy atom. The third-order valence-electron chi connectivity index (χ3n) is 2.76. The van der Waals surface area contributed by atoms with E-state index in [1.54, 1.807) is 13.0 Å². The lowest BCUT2D eigenvalue weighted by Crippen LogP contribution is -2.15. The quantitative estimate of drug-likeness (QED) is 0.890. The summed E-state index contributed by atoms with van der Waals surface area (Å²) in [5, 5.41) is 11.8. The number of nitrogens with zero attached hydrogens (tertiary/aromatic N) is 1. The number of carbonyl (C=O) groups excluding carboxylic acids is 1. The van der Waals surface area contributed by atoms with E-state index in [9.17, 15) is 9.18 Å². The molecule has 5 heteroatoms. The van der Waals surface area contributed by atoms with Gasteiger partial charge in [-0.25, -0.2) is 4.39 Å². The molecule has 0 aliphatic heterocycles. The monoisotopic (exact) mass is 260 g/mol. The first-order valence-electron chi connectivity index (χ1n) is 5.73. The number of benzene rings is 1. The van der Waals surface area contributed by atoms with E-state index >= 15 is 0 Å². The summed E-state index contributed by atoms with van der Waals surface area (Å²) in [6.45, 7) is 1.47. The zero-order valence-corrected chi connectivity index (χ0v) is 10.4. The number of nitrogens with one attached hydrogen (secondary N) is 1. The molecule has 0 bridgehead atoms. The number of aliphatic hydroxyl groups is 1.